The van der Waals surface area contributed by atoms with E-state index in [1.165, 1.54) is 12.0 Å². The average Bonchev–Trinajstić information content (AvgIpc) is 3.10. The van der Waals surface area contributed by atoms with Crippen LogP contribution >= 0.6 is 0 Å². The van der Waals surface area contributed by atoms with Gasteiger partial charge in [0.2, 0.25) is 0 Å². The molecule has 0 saturated heterocycles. The van der Waals surface area contributed by atoms with Crippen LogP contribution in [0.5, 0.6) is 0 Å². The maximum Gasteiger partial charge on any atom is 0.260 e. The topological polar surface area (TPSA) is 59.3 Å². The molecular weight excluding hydrogens is 324 g/mol. The van der Waals surface area contributed by atoms with Crippen LogP contribution in [-0.4, -0.2) is 21.2 Å². The number of hydrogen-bond donors (Lipinski definition) is 1. The van der Waals surface area contributed by atoms with Crippen molar-refractivity contribution in [2.45, 2.75) is 38.1 Å². The monoisotopic (exact) mass is 346 g/mol. The number of benzene rings is 2. The maximum atomic E-state index is 12.4. The van der Waals surface area contributed by atoms with E-state index in [-0.39, 0.29) is 12.5 Å². The van der Waals surface area contributed by atoms with Crippen molar-refractivity contribution in [3.63, 3.8) is 0 Å². The van der Waals surface area contributed by atoms with E-state index in [2.05, 4.69) is 39.8 Å². The minimum Gasteiger partial charge on any atom is -0.321 e. The lowest BCUT2D eigenvalue weighted by atomic mass is 9.82. The van der Waals surface area contributed by atoms with Crippen molar-refractivity contribution in [1.29, 1.82) is 0 Å². The number of carbonyl (C=O) groups is 1. The van der Waals surface area contributed by atoms with Crippen LogP contribution in [0.25, 0.3) is 11.0 Å². The van der Waals surface area contributed by atoms with Crippen LogP contribution in [0.2, 0.25) is 0 Å². The van der Waals surface area contributed by atoms with Crippen LogP contribution in [0, 0.1) is 0 Å². The summed E-state index contributed by atoms with van der Waals surface area (Å²) in [6.45, 7) is 0.216. The Labute approximate surface area is 152 Å². The molecule has 0 unspecified atom stereocenters. The van der Waals surface area contributed by atoms with Crippen molar-refractivity contribution in [3.8, 4) is 0 Å². The van der Waals surface area contributed by atoms with Gasteiger partial charge in [0.15, 0.2) is 0 Å². The van der Waals surface area contributed by atoms with E-state index in [4.69, 9.17) is 0 Å². The third-order valence-electron chi connectivity index (χ3n) is 4.95. The van der Waals surface area contributed by atoms with Crippen LogP contribution in [0.4, 0.5) is 0 Å². The number of nitrogens with one attached hydrogen (secondary N) is 1. The van der Waals surface area contributed by atoms with E-state index < -0.39 is 0 Å². The molecule has 2 aromatic carbocycles. The third-order valence-corrected chi connectivity index (χ3v) is 4.95. The molecule has 5 nitrogen and oxygen atoms in total. The number of para-hydroxylation sites is 2. The predicted molar refractivity (Wildman–Crippen MR) is 103 cm³/mol. The van der Waals surface area contributed by atoms with E-state index in [0.29, 0.717) is 5.92 Å². The molecule has 1 fully saturated rings. The quantitative estimate of drug-likeness (QED) is 0.729. The Hall–Kier alpha value is -2.95. The lowest BCUT2D eigenvalue weighted by molar-refractivity contribution is -0.121. The van der Waals surface area contributed by atoms with Crippen molar-refractivity contribution >= 4 is 22.7 Å². The zero-order valence-corrected chi connectivity index (χ0v) is 14.6. The Kier molecular flexibility index (Phi) is 4.78. The molecule has 1 N–H and O–H groups in total. The molecule has 132 valence electrons. The lowest BCUT2D eigenvalue weighted by Gasteiger charge is -2.24. The number of fused-ring (bicyclic) bond motifs is 1. The van der Waals surface area contributed by atoms with Gasteiger partial charge in [-0.25, -0.2) is 10.4 Å². The van der Waals surface area contributed by atoms with Gasteiger partial charge < -0.3 is 4.57 Å². The number of aromatic nitrogens is 2. The van der Waals surface area contributed by atoms with E-state index in [1.807, 2.05) is 34.9 Å². The highest BCUT2D eigenvalue weighted by atomic mass is 16.2. The molecular formula is C21H22N4O. The van der Waals surface area contributed by atoms with Crippen LogP contribution in [-0.2, 0) is 11.3 Å². The van der Waals surface area contributed by atoms with Gasteiger partial charge in [-0.05, 0) is 37.0 Å². The second-order valence-corrected chi connectivity index (χ2v) is 6.71. The van der Waals surface area contributed by atoms with Gasteiger partial charge in [-0.2, -0.15) is 5.10 Å². The normalized spacial score (nSPS) is 18.9. The zero-order chi connectivity index (χ0) is 17.8. The highest BCUT2D eigenvalue weighted by Gasteiger charge is 2.22. The first kappa shape index (κ1) is 16.5. The molecule has 1 saturated carbocycles. The van der Waals surface area contributed by atoms with Crippen molar-refractivity contribution in [2.24, 2.45) is 5.10 Å². The maximum absolute atomic E-state index is 12.4. The van der Waals surface area contributed by atoms with Crippen molar-refractivity contribution in [1.82, 2.24) is 15.0 Å². The standard InChI is InChI=1S/C21H22N4O/c26-21(14-25-15-22-19-12-6-7-13-20(19)25)24-23-18-11-5-4-10-17(18)16-8-2-1-3-9-16/h1-3,6-9,12-13,15,17H,4-5,10-11,14H2,(H,24,26)/b23-18-/t17-/m1/s1. The molecule has 4 rings (SSSR count). The van der Waals surface area contributed by atoms with Crippen LogP contribution in [0.3, 0.4) is 0 Å². The first-order chi connectivity index (χ1) is 12.8. The Balaban J connectivity index is 1.46. The van der Waals surface area contributed by atoms with Crippen molar-refractivity contribution in [2.75, 3.05) is 0 Å². The molecule has 1 aromatic heterocycles. The highest BCUT2D eigenvalue weighted by Crippen LogP contribution is 2.30. The first-order valence-corrected chi connectivity index (χ1v) is 9.11. The number of imidazole rings is 1. The zero-order valence-electron chi connectivity index (χ0n) is 14.6. The number of hydrazone groups is 1. The molecule has 0 aliphatic heterocycles. The van der Waals surface area contributed by atoms with Gasteiger partial charge in [0, 0.05) is 11.6 Å². The summed E-state index contributed by atoms with van der Waals surface area (Å²) in [5, 5.41) is 4.48. The molecule has 1 atom stereocenters. The molecule has 5 heteroatoms. The molecule has 0 spiro atoms. The largest absolute Gasteiger partial charge is 0.321 e. The fourth-order valence-corrected chi connectivity index (χ4v) is 3.63. The first-order valence-electron chi connectivity index (χ1n) is 9.11. The summed E-state index contributed by atoms with van der Waals surface area (Å²) in [5.41, 5.74) is 6.95. The van der Waals surface area contributed by atoms with E-state index >= 15 is 0 Å². The SMILES string of the molecule is O=C(Cn1cnc2ccccc21)N/N=C1/CCCC[C@@H]1c1ccccc1. The third kappa shape index (κ3) is 3.52. The summed E-state index contributed by atoms with van der Waals surface area (Å²) in [6, 6.07) is 18.2. The Morgan fingerprint density at radius 1 is 1.12 bits per heavy atom. The molecule has 26 heavy (non-hydrogen) atoms. The minimum atomic E-state index is -0.127. The molecule has 1 aliphatic carbocycles. The van der Waals surface area contributed by atoms with E-state index in [1.54, 1.807) is 6.33 Å². The molecule has 0 radical (unpaired) electrons. The molecule has 3 aromatic rings. The smallest absolute Gasteiger partial charge is 0.260 e. The Morgan fingerprint density at radius 3 is 2.81 bits per heavy atom. The van der Waals surface area contributed by atoms with Gasteiger partial charge in [-0.3, -0.25) is 4.79 Å². The number of carbonyl (C=O) groups excluding carboxylic acids is 1. The Bertz CT molecular complexity index is 929. The van der Waals surface area contributed by atoms with E-state index in [9.17, 15) is 4.79 Å². The van der Waals surface area contributed by atoms with Crippen molar-refractivity contribution < 1.29 is 4.79 Å². The van der Waals surface area contributed by atoms with Gasteiger partial charge in [-0.15, -0.1) is 0 Å². The lowest BCUT2D eigenvalue weighted by Crippen LogP contribution is -2.27. The molecule has 1 heterocycles. The minimum absolute atomic E-state index is 0.127. The molecule has 0 bridgehead atoms. The second-order valence-electron chi connectivity index (χ2n) is 6.71. The summed E-state index contributed by atoms with van der Waals surface area (Å²) < 4.78 is 1.85. The predicted octanol–water partition coefficient (Wildman–Crippen LogP) is 3.87. The summed E-state index contributed by atoms with van der Waals surface area (Å²) in [6.07, 6.45) is 6.06. The number of hydrogen-bond acceptors (Lipinski definition) is 3. The second kappa shape index (κ2) is 7.52. The average molecular weight is 346 g/mol. The molecule has 1 amide bonds. The van der Waals surface area contributed by atoms with E-state index in [0.717, 1.165) is 36.0 Å². The fraction of sp³-hybridized carbons (Fsp3) is 0.286. The van der Waals surface area contributed by atoms with Gasteiger partial charge in [-0.1, -0.05) is 48.9 Å². The van der Waals surface area contributed by atoms with Crippen LogP contribution in [0.15, 0.2) is 66.0 Å². The number of rotatable bonds is 4. The number of nitrogens with zero attached hydrogens (tertiary/aromatic N) is 3. The van der Waals surface area contributed by atoms with Gasteiger partial charge in [0.1, 0.15) is 6.54 Å². The molecule has 1 aliphatic rings. The van der Waals surface area contributed by atoms with Gasteiger partial charge >= 0.3 is 0 Å². The number of amides is 1. The summed E-state index contributed by atoms with van der Waals surface area (Å²) >= 11 is 0. The summed E-state index contributed by atoms with van der Waals surface area (Å²) in [5.74, 6) is 0.178. The fourth-order valence-electron chi connectivity index (χ4n) is 3.63. The highest BCUT2D eigenvalue weighted by molar-refractivity contribution is 5.92. The van der Waals surface area contributed by atoms with Crippen molar-refractivity contribution in [3.05, 3.63) is 66.5 Å². The van der Waals surface area contributed by atoms with Crippen LogP contribution in [0.1, 0.15) is 37.2 Å². The van der Waals surface area contributed by atoms with Gasteiger partial charge in [0.05, 0.1) is 17.4 Å². The summed E-state index contributed by atoms with van der Waals surface area (Å²) in [7, 11) is 0. The van der Waals surface area contributed by atoms with Gasteiger partial charge in [0.25, 0.3) is 5.91 Å². The summed E-state index contributed by atoms with van der Waals surface area (Å²) in [4.78, 5) is 16.7. The Morgan fingerprint density at radius 2 is 1.92 bits per heavy atom. The van der Waals surface area contributed by atoms with Crippen LogP contribution < -0.4 is 5.43 Å².